The van der Waals surface area contributed by atoms with Gasteiger partial charge in [0.15, 0.2) is 5.82 Å². The Morgan fingerprint density at radius 1 is 1.00 bits per heavy atom. The first-order chi connectivity index (χ1) is 14.0. The summed E-state index contributed by atoms with van der Waals surface area (Å²) < 4.78 is 29.4. The lowest BCUT2D eigenvalue weighted by atomic mass is 10.2. The Morgan fingerprint density at radius 2 is 1.79 bits per heavy atom. The molecule has 2 heterocycles. The van der Waals surface area contributed by atoms with Gasteiger partial charge in [0.2, 0.25) is 5.16 Å². The molecular formula is C19H11F2N5O2S. The van der Waals surface area contributed by atoms with Crippen LogP contribution < -0.4 is 0 Å². The summed E-state index contributed by atoms with van der Waals surface area (Å²) in [5, 5.41) is 19.8. The van der Waals surface area contributed by atoms with E-state index in [4.69, 9.17) is 0 Å². The number of halogens is 2. The van der Waals surface area contributed by atoms with Gasteiger partial charge in [0, 0.05) is 17.7 Å². The summed E-state index contributed by atoms with van der Waals surface area (Å²) in [5.74, 6) is -1.12. The summed E-state index contributed by atoms with van der Waals surface area (Å²) in [7, 11) is 0. The fourth-order valence-electron chi connectivity index (χ4n) is 2.62. The van der Waals surface area contributed by atoms with Gasteiger partial charge in [0.05, 0.1) is 10.6 Å². The zero-order valence-corrected chi connectivity index (χ0v) is 15.4. The topological polar surface area (TPSA) is 86.7 Å². The van der Waals surface area contributed by atoms with E-state index in [9.17, 15) is 18.9 Å². The summed E-state index contributed by atoms with van der Waals surface area (Å²) >= 11 is 1.05. The van der Waals surface area contributed by atoms with E-state index in [0.29, 0.717) is 16.4 Å². The molecule has 0 atom stereocenters. The summed E-state index contributed by atoms with van der Waals surface area (Å²) in [6.07, 6.45) is 1.12. The highest BCUT2D eigenvalue weighted by atomic mass is 32.2. The molecule has 0 saturated heterocycles. The molecule has 0 amide bonds. The van der Waals surface area contributed by atoms with E-state index in [2.05, 4.69) is 15.2 Å². The van der Waals surface area contributed by atoms with Gasteiger partial charge in [-0.25, -0.2) is 13.8 Å². The number of aromatic nitrogens is 4. The second-order valence-corrected chi connectivity index (χ2v) is 6.80. The van der Waals surface area contributed by atoms with Crippen molar-refractivity contribution in [3.8, 4) is 17.1 Å². The molecule has 4 rings (SSSR count). The van der Waals surface area contributed by atoms with Gasteiger partial charge in [-0.2, -0.15) is 0 Å². The minimum atomic E-state index is -0.777. The highest BCUT2D eigenvalue weighted by Crippen LogP contribution is 2.32. The third-order valence-electron chi connectivity index (χ3n) is 3.94. The zero-order chi connectivity index (χ0) is 20.4. The van der Waals surface area contributed by atoms with Crippen molar-refractivity contribution in [2.75, 3.05) is 0 Å². The summed E-state index contributed by atoms with van der Waals surface area (Å²) in [6.45, 7) is 0. The first-order valence-corrected chi connectivity index (χ1v) is 9.09. The van der Waals surface area contributed by atoms with E-state index in [1.807, 2.05) is 6.07 Å². The molecule has 0 spiro atoms. The number of hydrogen-bond acceptors (Lipinski definition) is 6. The molecule has 144 valence electrons. The largest absolute Gasteiger partial charge is 0.287 e. The van der Waals surface area contributed by atoms with E-state index in [1.54, 1.807) is 24.3 Å². The lowest BCUT2D eigenvalue weighted by Gasteiger charge is -2.11. The number of benzene rings is 2. The van der Waals surface area contributed by atoms with Crippen molar-refractivity contribution in [1.82, 2.24) is 19.7 Å². The molecule has 0 fully saturated rings. The Hall–Kier alpha value is -3.66. The van der Waals surface area contributed by atoms with Gasteiger partial charge in [-0.3, -0.25) is 14.7 Å². The van der Waals surface area contributed by atoms with Crippen LogP contribution in [-0.2, 0) is 0 Å². The number of hydrogen-bond donors (Lipinski definition) is 0. The van der Waals surface area contributed by atoms with Gasteiger partial charge < -0.3 is 0 Å². The van der Waals surface area contributed by atoms with Crippen molar-refractivity contribution in [3.05, 3.63) is 88.6 Å². The molecule has 0 aliphatic rings. The van der Waals surface area contributed by atoms with Crippen LogP contribution in [-0.4, -0.2) is 24.7 Å². The zero-order valence-electron chi connectivity index (χ0n) is 14.6. The van der Waals surface area contributed by atoms with Gasteiger partial charge in [-0.15, -0.1) is 10.2 Å². The van der Waals surface area contributed by atoms with Gasteiger partial charge >= 0.3 is 0 Å². The summed E-state index contributed by atoms with van der Waals surface area (Å²) in [5.41, 5.74) is 0.609. The van der Waals surface area contributed by atoms with Crippen LogP contribution in [0.15, 0.2) is 77.0 Å². The maximum absolute atomic E-state index is 14.6. The van der Waals surface area contributed by atoms with Gasteiger partial charge in [-0.1, -0.05) is 30.3 Å². The quantitative estimate of drug-likeness (QED) is 0.350. The molecular weight excluding hydrogens is 400 g/mol. The van der Waals surface area contributed by atoms with Crippen LogP contribution in [0.1, 0.15) is 0 Å². The summed E-state index contributed by atoms with van der Waals surface area (Å²) in [6, 6.07) is 15.0. The number of nitrogens with zero attached hydrogens (tertiary/aromatic N) is 5. The number of nitro groups is 1. The molecule has 4 aromatic rings. The van der Waals surface area contributed by atoms with Crippen LogP contribution in [0, 0.1) is 21.7 Å². The fourth-order valence-corrected chi connectivity index (χ4v) is 3.41. The number of rotatable bonds is 5. The fraction of sp³-hybridized carbons (Fsp3) is 0. The molecule has 0 unspecified atom stereocenters. The molecule has 0 bridgehead atoms. The standard InChI is InChI=1S/C19H11F2N5O2S/c20-13-6-8-16(15(21)10-13)25-18(12-4-2-1-3-5-12)23-24-19(25)29-17-9-7-14(11-22-17)26(27)28/h1-11H. The number of pyridine rings is 1. The van der Waals surface area contributed by atoms with Crippen LogP contribution >= 0.6 is 11.8 Å². The minimum absolute atomic E-state index is 0.0691. The third kappa shape index (κ3) is 3.83. The van der Waals surface area contributed by atoms with E-state index >= 15 is 0 Å². The lowest BCUT2D eigenvalue weighted by molar-refractivity contribution is -0.385. The average Bonchev–Trinajstić information content (AvgIpc) is 3.12. The SMILES string of the molecule is O=[N+]([O-])c1ccc(Sc2nnc(-c3ccccc3)n2-c2ccc(F)cc2F)nc1. The molecule has 29 heavy (non-hydrogen) atoms. The minimum Gasteiger partial charge on any atom is -0.267 e. The van der Waals surface area contributed by atoms with E-state index in [0.717, 1.165) is 30.1 Å². The predicted molar refractivity (Wildman–Crippen MR) is 102 cm³/mol. The first-order valence-electron chi connectivity index (χ1n) is 8.27. The maximum Gasteiger partial charge on any atom is 0.287 e. The van der Waals surface area contributed by atoms with Crippen LogP contribution in [0.3, 0.4) is 0 Å². The Balaban J connectivity index is 1.82. The second-order valence-electron chi connectivity index (χ2n) is 5.82. The van der Waals surface area contributed by atoms with Crippen LogP contribution in [0.4, 0.5) is 14.5 Å². The predicted octanol–water partition coefficient (Wildman–Crippen LogP) is 4.67. The van der Waals surface area contributed by atoms with Crippen molar-refractivity contribution < 1.29 is 13.7 Å². The van der Waals surface area contributed by atoms with Crippen molar-refractivity contribution in [2.24, 2.45) is 0 Å². The molecule has 0 aliphatic carbocycles. The van der Waals surface area contributed by atoms with Crippen molar-refractivity contribution in [1.29, 1.82) is 0 Å². The van der Waals surface area contributed by atoms with Crippen LogP contribution in [0.5, 0.6) is 0 Å². The maximum atomic E-state index is 14.6. The monoisotopic (exact) mass is 411 g/mol. The lowest BCUT2D eigenvalue weighted by Crippen LogP contribution is -2.03. The van der Waals surface area contributed by atoms with Crippen molar-refractivity contribution in [3.63, 3.8) is 0 Å². The second kappa shape index (κ2) is 7.76. The normalized spacial score (nSPS) is 10.8. The smallest absolute Gasteiger partial charge is 0.267 e. The third-order valence-corrected chi connectivity index (χ3v) is 4.84. The Kier molecular flexibility index (Phi) is 5.00. The van der Waals surface area contributed by atoms with Crippen LogP contribution in [0.25, 0.3) is 17.1 Å². The van der Waals surface area contributed by atoms with Crippen molar-refractivity contribution in [2.45, 2.75) is 10.2 Å². The van der Waals surface area contributed by atoms with E-state index in [-0.39, 0.29) is 16.5 Å². The Labute approximate surface area is 167 Å². The molecule has 0 radical (unpaired) electrons. The summed E-state index contributed by atoms with van der Waals surface area (Å²) in [4.78, 5) is 14.3. The molecule has 2 aromatic carbocycles. The van der Waals surface area contributed by atoms with E-state index in [1.165, 1.54) is 22.8 Å². The molecule has 10 heteroatoms. The molecule has 7 nitrogen and oxygen atoms in total. The first kappa shape index (κ1) is 18.7. The molecule has 0 aliphatic heterocycles. The highest BCUT2D eigenvalue weighted by molar-refractivity contribution is 7.99. The Bertz CT molecular complexity index is 1180. The average molecular weight is 411 g/mol. The van der Waals surface area contributed by atoms with Crippen LogP contribution in [0.2, 0.25) is 0 Å². The molecule has 0 N–H and O–H groups in total. The Morgan fingerprint density at radius 3 is 2.45 bits per heavy atom. The molecule has 0 saturated carbocycles. The van der Waals surface area contributed by atoms with E-state index < -0.39 is 16.6 Å². The van der Waals surface area contributed by atoms with Gasteiger partial charge in [0.25, 0.3) is 5.69 Å². The van der Waals surface area contributed by atoms with Crippen molar-refractivity contribution >= 4 is 17.4 Å². The van der Waals surface area contributed by atoms with Gasteiger partial charge in [0.1, 0.15) is 22.9 Å². The van der Waals surface area contributed by atoms with Gasteiger partial charge in [-0.05, 0) is 30.0 Å². The highest BCUT2D eigenvalue weighted by Gasteiger charge is 2.20. The molecule has 2 aromatic heterocycles.